The Morgan fingerprint density at radius 1 is 0.952 bits per heavy atom. The number of oxazole rings is 2. The summed E-state index contributed by atoms with van der Waals surface area (Å²) in [5.74, 6) is 1.33. The molecule has 6 rings (SSSR count). The molecule has 0 unspecified atom stereocenters. The smallest absolute Gasteiger partial charge is 0.416 e. The minimum Gasteiger partial charge on any atom is -0.444 e. The second-order valence-electron chi connectivity index (χ2n) is 10.0. The molecule has 5 aromatic rings. The van der Waals surface area contributed by atoms with E-state index < -0.39 is 17.8 Å². The van der Waals surface area contributed by atoms with Crippen molar-refractivity contribution in [1.82, 2.24) is 15.0 Å². The molecule has 0 radical (unpaired) electrons. The summed E-state index contributed by atoms with van der Waals surface area (Å²) in [4.78, 5) is 30.2. The Morgan fingerprint density at radius 3 is 2.26 bits per heavy atom. The molecular formula is C30H25F3N6O3. The number of urea groups is 1. The quantitative estimate of drug-likeness (QED) is 0.240. The number of anilines is 3. The molecule has 1 aliphatic heterocycles. The van der Waals surface area contributed by atoms with Gasteiger partial charge in [-0.3, -0.25) is 4.90 Å². The number of alkyl halides is 3. The van der Waals surface area contributed by atoms with E-state index in [9.17, 15) is 18.0 Å². The number of nitrogens with one attached hydrogen (secondary N) is 1. The summed E-state index contributed by atoms with van der Waals surface area (Å²) < 4.78 is 51.2. The van der Waals surface area contributed by atoms with Gasteiger partial charge in [0.2, 0.25) is 0 Å². The predicted octanol–water partition coefficient (Wildman–Crippen LogP) is 7.34. The Labute approximate surface area is 238 Å². The van der Waals surface area contributed by atoms with E-state index in [1.807, 2.05) is 24.9 Å². The number of halogens is 3. The van der Waals surface area contributed by atoms with Crippen LogP contribution in [0.25, 0.3) is 33.9 Å². The number of hydrogen-bond acceptors (Lipinski definition) is 7. The largest absolute Gasteiger partial charge is 0.444 e. The summed E-state index contributed by atoms with van der Waals surface area (Å²) in [7, 11) is 1.89. The summed E-state index contributed by atoms with van der Waals surface area (Å²) in [5, 5.41) is 2.97. The highest BCUT2D eigenvalue weighted by atomic mass is 19.4. The number of aromatic nitrogens is 3. The van der Waals surface area contributed by atoms with Gasteiger partial charge in [0.1, 0.15) is 0 Å². The van der Waals surface area contributed by atoms with Crippen molar-refractivity contribution in [2.75, 3.05) is 28.7 Å². The standard InChI is InChI=1S/C30H25F3N6O3/c1-18-8-9-38(2)25-7-6-24(19-4-3-5-22(11-19)30(31,32)33)37-28(25)39(18)29(40)36-23-12-20(26-14-34-16-41-26)10-21(13-23)27-15-35-17-42-27/h3-7,10-18H,8-9H2,1-2H3,(H,36,40)/t18-/m1/s1. The van der Waals surface area contributed by atoms with E-state index in [1.165, 1.54) is 18.9 Å². The molecule has 12 heteroatoms. The van der Waals surface area contributed by atoms with Crippen molar-refractivity contribution in [1.29, 1.82) is 0 Å². The Kier molecular flexibility index (Phi) is 6.89. The number of carbonyl (C=O) groups is 1. The average molecular weight is 575 g/mol. The first-order chi connectivity index (χ1) is 20.2. The fraction of sp³-hybridized carbons (Fsp3) is 0.200. The number of carbonyl (C=O) groups excluding carboxylic acids is 1. The number of rotatable bonds is 4. The average Bonchev–Trinajstić information content (AvgIpc) is 3.69. The van der Waals surface area contributed by atoms with Crippen LogP contribution >= 0.6 is 0 Å². The highest BCUT2D eigenvalue weighted by Gasteiger charge is 2.32. The van der Waals surface area contributed by atoms with Crippen molar-refractivity contribution in [2.45, 2.75) is 25.6 Å². The third kappa shape index (κ3) is 5.30. The number of nitrogens with zero attached hydrogens (tertiary/aromatic N) is 5. The van der Waals surface area contributed by atoms with E-state index in [4.69, 9.17) is 13.8 Å². The molecule has 3 aromatic heterocycles. The maximum absolute atomic E-state index is 14.0. The monoisotopic (exact) mass is 574 g/mol. The first-order valence-corrected chi connectivity index (χ1v) is 13.1. The molecule has 0 saturated heterocycles. The van der Waals surface area contributed by atoms with Gasteiger partial charge in [-0.25, -0.2) is 19.7 Å². The highest BCUT2D eigenvalue weighted by Crippen LogP contribution is 2.37. The summed E-state index contributed by atoms with van der Waals surface area (Å²) in [5.41, 5.74) is 2.30. The van der Waals surface area contributed by atoms with Gasteiger partial charge >= 0.3 is 12.2 Å². The maximum Gasteiger partial charge on any atom is 0.416 e. The molecule has 42 heavy (non-hydrogen) atoms. The number of fused-ring (bicyclic) bond motifs is 1. The van der Waals surface area contributed by atoms with E-state index in [1.54, 1.807) is 47.6 Å². The highest BCUT2D eigenvalue weighted by molar-refractivity contribution is 6.04. The SMILES string of the molecule is C[C@@H]1CCN(C)c2ccc(-c3cccc(C(F)(F)F)c3)nc2N1C(=O)Nc1cc(-c2cnco2)cc(-c2cnco2)c1. The molecule has 1 atom stereocenters. The van der Waals surface area contributed by atoms with Crippen LogP contribution in [0.2, 0.25) is 0 Å². The molecule has 2 amide bonds. The molecule has 1 N–H and O–H groups in total. The fourth-order valence-electron chi connectivity index (χ4n) is 4.95. The summed E-state index contributed by atoms with van der Waals surface area (Å²) in [6.45, 7) is 2.56. The number of amides is 2. The minimum atomic E-state index is -4.49. The Hall–Kier alpha value is -5.13. The van der Waals surface area contributed by atoms with Gasteiger partial charge in [0.05, 0.1) is 29.3 Å². The number of benzene rings is 2. The summed E-state index contributed by atoms with van der Waals surface area (Å²) >= 11 is 0. The van der Waals surface area contributed by atoms with Crippen molar-refractivity contribution in [3.63, 3.8) is 0 Å². The molecule has 2 aromatic carbocycles. The molecule has 0 fully saturated rings. The first-order valence-electron chi connectivity index (χ1n) is 13.1. The number of pyridine rings is 1. The van der Waals surface area contributed by atoms with Crippen LogP contribution in [0.3, 0.4) is 0 Å². The van der Waals surface area contributed by atoms with Crippen LogP contribution in [0.4, 0.5) is 35.2 Å². The van der Waals surface area contributed by atoms with Gasteiger partial charge in [0.15, 0.2) is 30.1 Å². The van der Waals surface area contributed by atoms with Gasteiger partial charge in [0.25, 0.3) is 0 Å². The summed E-state index contributed by atoms with van der Waals surface area (Å²) in [6.07, 6.45) is 1.90. The molecule has 9 nitrogen and oxygen atoms in total. The Morgan fingerprint density at radius 2 is 1.64 bits per heavy atom. The third-order valence-corrected chi connectivity index (χ3v) is 7.14. The van der Waals surface area contributed by atoms with Gasteiger partial charge in [-0.15, -0.1) is 0 Å². The Balaban J connectivity index is 1.39. The molecule has 0 spiro atoms. The van der Waals surface area contributed by atoms with E-state index >= 15 is 0 Å². The molecule has 4 heterocycles. The van der Waals surface area contributed by atoms with Gasteiger partial charge in [0, 0.05) is 42.0 Å². The molecule has 1 aliphatic rings. The molecule has 214 valence electrons. The van der Waals surface area contributed by atoms with Gasteiger partial charge < -0.3 is 19.1 Å². The van der Waals surface area contributed by atoms with Crippen LogP contribution in [-0.4, -0.2) is 40.6 Å². The van der Waals surface area contributed by atoms with Gasteiger partial charge in [-0.05, 0) is 55.8 Å². The first kappa shape index (κ1) is 27.1. The molecular weight excluding hydrogens is 549 g/mol. The van der Waals surface area contributed by atoms with E-state index in [-0.39, 0.29) is 6.04 Å². The zero-order chi connectivity index (χ0) is 29.4. The molecule has 0 saturated carbocycles. The second kappa shape index (κ2) is 10.7. The van der Waals surface area contributed by atoms with Crippen molar-refractivity contribution in [3.8, 4) is 33.9 Å². The van der Waals surface area contributed by atoms with E-state index in [2.05, 4.69) is 15.3 Å². The van der Waals surface area contributed by atoms with Crippen LogP contribution in [-0.2, 0) is 6.18 Å². The minimum absolute atomic E-state index is 0.274. The fourth-order valence-corrected chi connectivity index (χ4v) is 4.95. The lowest BCUT2D eigenvalue weighted by molar-refractivity contribution is -0.137. The summed E-state index contributed by atoms with van der Waals surface area (Å²) in [6, 6.07) is 13.0. The van der Waals surface area contributed by atoms with Crippen LogP contribution in [0.15, 0.2) is 88.6 Å². The lowest BCUT2D eigenvalue weighted by Crippen LogP contribution is -2.42. The third-order valence-electron chi connectivity index (χ3n) is 7.14. The van der Waals surface area contributed by atoms with Crippen LogP contribution in [0, 0.1) is 0 Å². The predicted molar refractivity (Wildman–Crippen MR) is 151 cm³/mol. The van der Waals surface area contributed by atoms with Gasteiger partial charge in [-0.1, -0.05) is 12.1 Å². The van der Waals surface area contributed by atoms with Crippen LogP contribution in [0.1, 0.15) is 18.9 Å². The van der Waals surface area contributed by atoms with Crippen molar-refractivity contribution in [2.24, 2.45) is 0 Å². The van der Waals surface area contributed by atoms with Crippen molar-refractivity contribution < 1.29 is 26.8 Å². The van der Waals surface area contributed by atoms with Crippen molar-refractivity contribution in [3.05, 3.63) is 85.3 Å². The van der Waals surface area contributed by atoms with Crippen LogP contribution in [0.5, 0.6) is 0 Å². The molecule has 0 aliphatic carbocycles. The topological polar surface area (TPSA) is 101 Å². The van der Waals surface area contributed by atoms with Crippen LogP contribution < -0.4 is 15.1 Å². The zero-order valence-electron chi connectivity index (χ0n) is 22.6. The van der Waals surface area contributed by atoms with E-state index in [0.717, 1.165) is 12.1 Å². The van der Waals surface area contributed by atoms with E-state index in [0.29, 0.717) is 64.1 Å². The number of hydrogen-bond donors (Lipinski definition) is 1. The normalized spacial score (nSPS) is 15.3. The zero-order valence-corrected chi connectivity index (χ0v) is 22.6. The lowest BCUT2D eigenvalue weighted by Gasteiger charge is -2.28. The second-order valence-corrected chi connectivity index (χ2v) is 10.0. The van der Waals surface area contributed by atoms with Gasteiger partial charge in [-0.2, -0.15) is 13.2 Å². The van der Waals surface area contributed by atoms with Crippen molar-refractivity contribution >= 4 is 23.2 Å². The maximum atomic E-state index is 14.0. The lowest BCUT2D eigenvalue weighted by atomic mass is 10.1. The molecule has 0 bridgehead atoms. The Bertz CT molecular complexity index is 1670.